The zero-order chi connectivity index (χ0) is 16.5. The second-order valence-electron chi connectivity index (χ2n) is 4.15. The van der Waals surface area contributed by atoms with Crippen molar-refractivity contribution in [3.8, 4) is 5.75 Å². The van der Waals surface area contributed by atoms with E-state index in [1.807, 2.05) is 0 Å². The number of alkyl halides is 6. The van der Waals surface area contributed by atoms with E-state index in [2.05, 4.69) is 10.4 Å². The molecular formula is C12H9Cl6N3O. The maximum atomic E-state index is 5.88. The van der Waals surface area contributed by atoms with Crippen molar-refractivity contribution in [2.24, 2.45) is 4.99 Å². The van der Waals surface area contributed by atoms with Gasteiger partial charge in [0, 0.05) is 5.56 Å². The highest BCUT2D eigenvalue weighted by Crippen LogP contribution is 2.39. The van der Waals surface area contributed by atoms with E-state index in [-0.39, 0.29) is 5.70 Å². The van der Waals surface area contributed by atoms with Crippen LogP contribution in [0.5, 0.6) is 5.75 Å². The number of methoxy groups -OCH3 is 1. The lowest BCUT2D eigenvalue weighted by Gasteiger charge is -2.34. The van der Waals surface area contributed by atoms with Gasteiger partial charge in [-0.2, -0.15) is 0 Å². The summed E-state index contributed by atoms with van der Waals surface area (Å²) in [5, 5.41) is 1.17. The molecule has 0 saturated carbocycles. The average Bonchev–Trinajstić information content (AvgIpc) is 2.45. The topological polar surface area (TPSA) is 36.9 Å². The molecule has 1 heterocycles. The molecular weight excluding hydrogens is 415 g/mol. The fraction of sp³-hybridized carbons (Fsp3) is 0.250. The van der Waals surface area contributed by atoms with Gasteiger partial charge < -0.3 is 4.74 Å². The van der Waals surface area contributed by atoms with Gasteiger partial charge in [0.25, 0.3) is 3.92 Å². The normalized spacial score (nSPS) is 15.9. The van der Waals surface area contributed by atoms with Crippen LogP contribution in [0.4, 0.5) is 0 Å². The van der Waals surface area contributed by atoms with Gasteiger partial charge in [-0.3, -0.25) is 5.43 Å². The molecule has 0 fully saturated rings. The molecule has 0 radical (unpaired) electrons. The number of nitrogens with one attached hydrogen (secondary N) is 1. The van der Waals surface area contributed by atoms with Crippen LogP contribution in [0.2, 0.25) is 0 Å². The Bertz CT molecular complexity index is 603. The van der Waals surface area contributed by atoms with Crippen molar-refractivity contribution in [1.29, 1.82) is 0 Å². The number of hydrogen-bond acceptors (Lipinski definition) is 4. The van der Waals surface area contributed by atoms with Gasteiger partial charge in [0.2, 0.25) is 3.79 Å². The molecule has 0 bridgehead atoms. The maximum absolute atomic E-state index is 5.88. The summed E-state index contributed by atoms with van der Waals surface area (Å²) in [7, 11) is 1.57. The third-order valence-electron chi connectivity index (χ3n) is 2.64. The van der Waals surface area contributed by atoms with E-state index in [0.29, 0.717) is 17.1 Å². The Kier molecular flexibility index (Phi) is 5.53. The molecule has 4 nitrogen and oxygen atoms in total. The molecule has 0 aliphatic carbocycles. The molecule has 120 valence electrons. The lowest BCUT2D eigenvalue weighted by atomic mass is 10.2. The van der Waals surface area contributed by atoms with E-state index in [0.717, 1.165) is 0 Å². The molecule has 0 saturated heterocycles. The van der Waals surface area contributed by atoms with Crippen molar-refractivity contribution in [2.45, 2.75) is 7.71 Å². The average molecular weight is 424 g/mol. The lowest BCUT2D eigenvalue weighted by Crippen LogP contribution is -2.48. The van der Waals surface area contributed by atoms with Crippen molar-refractivity contribution >= 4 is 75.4 Å². The summed E-state index contributed by atoms with van der Waals surface area (Å²) in [6.45, 7) is 0. The van der Waals surface area contributed by atoms with Crippen LogP contribution >= 0.6 is 69.6 Å². The smallest absolute Gasteiger partial charge is 0.285 e. The predicted molar refractivity (Wildman–Crippen MR) is 93.2 cm³/mol. The Morgan fingerprint density at radius 3 is 2.09 bits per heavy atom. The number of halogens is 6. The fourth-order valence-corrected chi connectivity index (χ4v) is 2.14. The van der Waals surface area contributed by atoms with Gasteiger partial charge in [-0.25, -0.2) is 10.0 Å². The fourth-order valence-electron chi connectivity index (χ4n) is 1.59. The Morgan fingerprint density at radius 2 is 1.64 bits per heavy atom. The molecule has 0 unspecified atom stereocenters. The Hall–Kier alpha value is -0.230. The number of hydrazine groups is 1. The minimum Gasteiger partial charge on any atom is -0.497 e. The van der Waals surface area contributed by atoms with E-state index >= 15 is 0 Å². The number of ether oxygens (including phenoxy) is 1. The first-order valence-electron chi connectivity index (χ1n) is 5.76. The van der Waals surface area contributed by atoms with Gasteiger partial charge in [0.1, 0.15) is 11.4 Å². The summed E-state index contributed by atoms with van der Waals surface area (Å²) >= 11 is 35.3. The number of allylic oxidation sites excluding steroid dienone is 1. The quantitative estimate of drug-likeness (QED) is 0.548. The van der Waals surface area contributed by atoms with E-state index in [9.17, 15) is 0 Å². The van der Waals surface area contributed by atoms with Crippen LogP contribution in [-0.2, 0) is 0 Å². The number of amidine groups is 1. The van der Waals surface area contributed by atoms with Crippen molar-refractivity contribution in [3.63, 3.8) is 0 Å². The molecule has 0 aromatic heterocycles. The van der Waals surface area contributed by atoms with Gasteiger partial charge in [-0.1, -0.05) is 69.6 Å². The summed E-state index contributed by atoms with van der Waals surface area (Å²) in [6.07, 6.45) is 1.31. The molecule has 1 aromatic carbocycles. The molecule has 1 aliphatic heterocycles. The summed E-state index contributed by atoms with van der Waals surface area (Å²) in [5.74, 6) is 1.05. The van der Waals surface area contributed by atoms with Gasteiger partial charge in [-0.15, -0.1) is 0 Å². The van der Waals surface area contributed by atoms with Crippen molar-refractivity contribution < 1.29 is 4.74 Å². The molecule has 1 aliphatic rings. The van der Waals surface area contributed by atoms with Gasteiger partial charge >= 0.3 is 0 Å². The highest BCUT2D eigenvalue weighted by molar-refractivity contribution is 6.69. The van der Waals surface area contributed by atoms with E-state index in [4.69, 9.17) is 74.3 Å². The van der Waals surface area contributed by atoms with Crippen molar-refractivity contribution in [3.05, 3.63) is 41.7 Å². The number of aliphatic imine (C=N–C) groups is 1. The van der Waals surface area contributed by atoms with Crippen molar-refractivity contribution in [1.82, 2.24) is 10.4 Å². The summed E-state index contributed by atoms with van der Waals surface area (Å²) in [4.78, 5) is 4.25. The molecule has 0 amide bonds. The minimum absolute atomic E-state index is 0.105. The number of rotatable bonds is 2. The van der Waals surface area contributed by atoms with E-state index in [1.165, 1.54) is 11.2 Å². The number of nitrogens with zero attached hydrogens (tertiary/aromatic N) is 2. The molecule has 10 heteroatoms. The van der Waals surface area contributed by atoms with E-state index < -0.39 is 7.71 Å². The predicted octanol–water partition coefficient (Wildman–Crippen LogP) is 4.80. The first kappa shape index (κ1) is 18.1. The largest absolute Gasteiger partial charge is 0.497 e. The third-order valence-corrected chi connectivity index (χ3v) is 3.76. The monoisotopic (exact) mass is 421 g/mol. The van der Waals surface area contributed by atoms with Crippen LogP contribution in [0.15, 0.2) is 41.2 Å². The van der Waals surface area contributed by atoms with Crippen LogP contribution < -0.4 is 10.2 Å². The number of benzene rings is 1. The highest BCUT2D eigenvalue weighted by Gasteiger charge is 2.36. The third kappa shape index (κ3) is 4.40. The van der Waals surface area contributed by atoms with Crippen LogP contribution in [0, 0.1) is 0 Å². The Morgan fingerprint density at radius 1 is 1.05 bits per heavy atom. The molecule has 1 aromatic rings. The highest BCUT2D eigenvalue weighted by atomic mass is 35.6. The first-order chi connectivity index (χ1) is 10.1. The van der Waals surface area contributed by atoms with Crippen LogP contribution in [0.25, 0.3) is 0 Å². The summed E-state index contributed by atoms with van der Waals surface area (Å²) in [5.41, 5.74) is 3.64. The molecule has 2 rings (SSSR count). The van der Waals surface area contributed by atoms with Gasteiger partial charge in [-0.05, 0) is 24.3 Å². The van der Waals surface area contributed by atoms with E-state index in [1.54, 1.807) is 31.4 Å². The zero-order valence-electron chi connectivity index (χ0n) is 11.0. The molecule has 0 atom stereocenters. The molecule has 1 N–H and O–H groups in total. The summed E-state index contributed by atoms with van der Waals surface area (Å²) < 4.78 is 1.53. The van der Waals surface area contributed by atoms with Crippen LogP contribution in [0.3, 0.4) is 0 Å². The van der Waals surface area contributed by atoms with Gasteiger partial charge in [0.15, 0.2) is 5.84 Å². The van der Waals surface area contributed by atoms with Gasteiger partial charge in [0.05, 0.1) is 13.3 Å². The molecule has 22 heavy (non-hydrogen) atoms. The molecule has 0 spiro atoms. The Labute approximate surface area is 157 Å². The first-order valence-corrected chi connectivity index (χ1v) is 8.03. The SMILES string of the molecule is COc1ccc(C2=NC(C(Cl)(Cl)Cl)=CN(C(Cl)(Cl)Cl)N2)cc1. The standard InChI is InChI=1S/C12H9Cl6N3O/c1-22-8-4-2-7(3-5-8)10-19-9(11(13,14)15)6-21(20-10)12(16,17)18/h2-6H,1H3,(H,19,20). The zero-order valence-corrected chi connectivity index (χ0v) is 15.5. The number of hydrogen-bond donors (Lipinski definition) is 1. The summed E-state index contributed by atoms with van der Waals surface area (Å²) in [6, 6.07) is 7.05. The van der Waals surface area contributed by atoms with Crippen LogP contribution in [0.1, 0.15) is 5.56 Å². The maximum Gasteiger partial charge on any atom is 0.285 e. The Balaban J connectivity index is 2.41. The lowest BCUT2D eigenvalue weighted by molar-refractivity contribution is 0.327. The second-order valence-corrected chi connectivity index (χ2v) is 8.65. The van der Waals surface area contributed by atoms with Crippen molar-refractivity contribution in [2.75, 3.05) is 7.11 Å². The minimum atomic E-state index is -1.80. The van der Waals surface area contributed by atoms with Crippen LogP contribution in [-0.4, -0.2) is 25.7 Å². The second kappa shape index (κ2) is 6.71.